The van der Waals surface area contributed by atoms with Gasteiger partial charge in [-0.1, -0.05) is 58.0 Å². The maximum Gasteiger partial charge on any atom is 0.0722 e. The first-order valence-electron chi connectivity index (χ1n) is 5.29. The summed E-state index contributed by atoms with van der Waals surface area (Å²) in [6.07, 6.45) is 0. The Labute approximate surface area is 136 Å². The molecule has 2 aromatic rings. The van der Waals surface area contributed by atoms with Crippen LogP contribution in [0.15, 0.2) is 30.3 Å². The van der Waals surface area contributed by atoms with Crippen LogP contribution in [0.1, 0.15) is 5.56 Å². The summed E-state index contributed by atoms with van der Waals surface area (Å²) < 4.78 is 0. The molecular weight excluding hydrogens is 347 g/mol. The van der Waals surface area contributed by atoms with Crippen LogP contribution in [0.4, 0.5) is 5.69 Å². The van der Waals surface area contributed by atoms with Gasteiger partial charge in [-0.05, 0) is 35.9 Å². The maximum atomic E-state index is 6.08. The second kappa shape index (κ2) is 6.43. The number of nitrogens with one attached hydrogen (secondary N) is 1. The highest BCUT2D eigenvalue weighted by Gasteiger charge is 2.08. The first kappa shape index (κ1) is 15.1. The highest BCUT2D eigenvalue weighted by atomic mass is 35.5. The van der Waals surface area contributed by atoms with E-state index in [1.54, 1.807) is 30.3 Å². The molecule has 0 amide bonds. The van der Waals surface area contributed by atoms with E-state index in [1.165, 1.54) is 0 Å². The Balaban J connectivity index is 2.21. The lowest BCUT2D eigenvalue weighted by molar-refractivity contribution is 1.15. The molecule has 0 saturated heterocycles. The average Bonchev–Trinajstić information content (AvgIpc) is 2.32. The summed E-state index contributed by atoms with van der Waals surface area (Å²) in [6.45, 7) is 0.459. The van der Waals surface area contributed by atoms with Gasteiger partial charge in [0.1, 0.15) is 0 Å². The van der Waals surface area contributed by atoms with Crippen LogP contribution in [0, 0.1) is 0 Å². The third kappa shape index (κ3) is 3.84. The Morgan fingerprint density at radius 1 is 0.737 bits per heavy atom. The largest absolute Gasteiger partial charge is 0.378 e. The fraction of sp³-hybridized carbons (Fsp3) is 0.0769. The zero-order valence-corrected chi connectivity index (χ0v) is 13.3. The molecule has 2 aromatic carbocycles. The fourth-order valence-electron chi connectivity index (χ4n) is 1.57. The van der Waals surface area contributed by atoms with E-state index >= 15 is 0 Å². The van der Waals surface area contributed by atoms with E-state index in [-0.39, 0.29) is 0 Å². The van der Waals surface area contributed by atoms with Crippen molar-refractivity contribution in [2.24, 2.45) is 0 Å². The third-order valence-electron chi connectivity index (χ3n) is 2.47. The van der Waals surface area contributed by atoms with Crippen LogP contribution < -0.4 is 5.32 Å². The minimum atomic E-state index is 0.454. The molecule has 0 spiro atoms. The Morgan fingerprint density at radius 2 is 1.37 bits per heavy atom. The molecule has 6 heteroatoms. The van der Waals surface area contributed by atoms with E-state index in [0.29, 0.717) is 37.3 Å². The van der Waals surface area contributed by atoms with Crippen LogP contribution in [-0.2, 0) is 6.54 Å². The van der Waals surface area contributed by atoms with E-state index in [4.69, 9.17) is 58.0 Å². The van der Waals surface area contributed by atoms with Crippen molar-refractivity contribution in [2.45, 2.75) is 6.54 Å². The molecule has 1 nitrogen and oxygen atoms in total. The molecule has 19 heavy (non-hydrogen) atoms. The van der Waals surface area contributed by atoms with Crippen molar-refractivity contribution in [3.8, 4) is 0 Å². The second-order valence-corrected chi connectivity index (χ2v) is 5.93. The Bertz CT molecular complexity index is 589. The lowest BCUT2D eigenvalue weighted by Gasteiger charge is -2.12. The average molecular weight is 355 g/mol. The summed E-state index contributed by atoms with van der Waals surface area (Å²) in [6, 6.07) is 8.50. The predicted molar refractivity (Wildman–Crippen MR) is 85.3 cm³/mol. The summed E-state index contributed by atoms with van der Waals surface area (Å²) in [4.78, 5) is 0. The first-order chi connectivity index (χ1) is 8.97. The van der Waals surface area contributed by atoms with Crippen LogP contribution in [-0.4, -0.2) is 0 Å². The third-order valence-corrected chi connectivity index (χ3v) is 3.89. The van der Waals surface area contributed by atoms with Crippen LogP contribution in [0.2, 0.25) is 25.1 Å². The smallest absolute Gasteiger partial charge is 0.0722 e. The molecular formula is C13H8Cl5N. The monoisotopic (exact) mass is 353 g/mol. The van der Waals surface area contributed by atoms with Crippen molar-refractivity contribution < 1.29 is 0 Å². The number of halogens is 5. The molecule has 0 radical (unpaired) electrons. The van der Waals surface area contributed by atoms with E-state index in [0.717, 1.165) is 5.56 Å². The Hall–Kier alpha value is -0.310. The van der Waals surface area contributed by atoms with Crippen molar-refractivity contribution in [1.29, 1.82) is 0 Å². The van der Waals surface area contributed by atoms with Gasteiger partial charge in [-0.15, -0.1) is 0 Å². The summed E-state index contributed by atoms with van der Waals surface area (Å²) in [5.41, 5.74) is 1.47. The van der Waals surface area contributed by atoms with Gasteiger partial charge in [-0.3, -0.25) is 0 Å². The molecule has 0 bridgehead atoms. The van der Waals surface area contributed by atoms with Crippen LogP contribution in [0.3, 0.4) is 0 Å². The summed E-state index contributed by atoms with van der Waals surface area (Å²) in [7, 11) is 0. The van der Waals surface area contributed by atoms with Crippen molar-refractivity contribution in [3.63, 3.8) is 0 Å². The molecule has 2 rings (SSSR count). The quantitative estimate of drug-likeness (QED) is 0.657. The minimum absolute atomic E-state index is 0.454. The second-order valence-electron chi connectivity index (χ2n) is 3.83. The first-order valence-corrected chi connectivity index (χ1v) is 7.18. The minimum Gasteiger partial charge on any atom is -0.378 e. The molecule has 0 aliphatic rings. The standard InChI is InChI=1S/C13H8Cl5N/c14-8-1-2-10(16)7(3-8)6-19-13-11(17)4-9(15)5-12(13)18/h1-5,19H,6H2. The van der Waals surface area contributed by atoms with Crippen LogP contribution in [0.25, 0.3) is 0 Å². The molecule has 0 heterocycles. The van der Waals surface area contributed by atoms with Gasteiger partial charge in [0, 0.05) is 21.6 Å². The van der Waals surface area contributed by atoms with Crippen molar-refractivity contribution in [2.75, 3.05) is 5.32 Å². The van der Waals surface area contributed by atoms with Gasteiger partial charge >= 0.3 is 0 Å². The van der Waals surface area contributed by atoms with Gasteiger partial charge in [0.05, 0.1) is 15.7 Å². The highest BCUT2D eigenvalue weighted by Crippen LogP contribution is 2.34. The SMILES string of the molecule is Clc1cc(Cl)c(NCc2cc(Cl)ccc2Cl)c(Cl)c1. The molecule has 0 aliphatic carbocycles. The van der Waals surface area contributed by atoms with Gasteiger partial charge in [-0.25, -0.2) is 0 Å². The summed E-state index contributed by atoms with van der Waals surface area (Å²) in [5, 5.41) is 5.77. The van der Waals surface area contributed by atoms with Crippen LogP contribution in [0.5, 0.6) is 0 Å². The zero-order valence-electron chi connectivity index (χ0n) is 9.48. The summed E-state index contributed by atoms with van der Waals surface area (Å²) in [5.74, 6) is 0. The normalized spacial score (nSPS) is 10.6. The number of benzene rings is 2. The maximum absolute atomic E-state index is 6.08. The molecule has 0 atom stereocenters. The molecule has 0 aliphatic heterocycles. The van der Waals surface area contributed by atoms with Crippen LogP contribution >= 0.6 is 58.0 Å². The van der Waals surface area contributed by atoms with Crippen molar-refractivity contribution >= 4 is 63.7 Å². The van der Waals surface area contributed by atoms with E-state index in [1.807, 2.05) is 0 Å². The van der Waals surface area contributed by atoms with E-state index in [9.17, 15) is 0 Å². The predicted octanol–water partition coefficient (Wildman–Crippen LogP) is 6.57. The molecule has 100 valence electrons. The van der Waals surface area contributed by atoms with Crippen molar-refractivity contribution in [3.05, 3.63) is 61.0 Å². The Morgan fingerprint density at radius 3 is 2.00 bits per heavy atom. The van der Waals surface area contributed by atoms with Gasteiger partial charge < -0.3 is 5.32 Å². The molecule has 0 fully saturated rings. The molecule has 0 unspecified atom stereocenters. The van der Waals surface area contributed by atoms with Gasteiger partial charge in [-0.2, -0.15) is 0 Å². The molecule has 1 N–H and O–H groups in total. The van der Waals surface area contributed by atoms with Gasteiger partial charge in [0.15, 0.2) is 0 Å². The molecule has 0 saturated carbocycles. The Kier molecular flexibility index (Phi) is 5.10. The number of anilines is 1. The summed E-state index contributed by atoms with van der Waals surface area (Å²) >= 11 is 30.0. The van der Waals surface area contributed by atoms with Crippen molar-refractivity contribution in [1.82, 2.24) is 0 Å². The fourth-order valence-corrected chi connectivity index (χ4v) is 2.90. The molecule has 0 aromatic heterocycles. The van der Waals surface area contributed by atoms with Gasteiger partial charge in [0.2, 0.25) is 0 Å². The highest BCUT2D eigenvalue weighted by molar-refractivity contribution is 6.41. The number of hydrogen-bond donors (Lipinski definition) is 1. The van der Waals surface area contributed by atoms with E-state index in [2.05, 4.69) is 5.32 Å². The zero-order chi connectivity index (χ0) is 14.0. The van der Waals surface area contributed by atoms with E-state index < -0.39 is 0 Å². The number of rotatable bonds is 3. The topological polar surface area (TPSA) is 12.0 Å². The van der Waals surface area contributed by atoms with Gasteiger partial charge in [0.25, 0.3) is 0 Å². The lowest BCUT2D eigenvalue weighted by atomic mass is 10.2. The lowest BCUT2D eigenvalue weighted by Crippen LogP contribution is -2.01. The number of hydrogen-bond acceptors (Lipinski definition) is 1.